The van der Waals surface area contributed by atoms with Crippen LogP contribution in [0.2, 0.25) is 0 Å². The third-order valence-electron chi connectivity index (χ3n) is 5.27. The van der Waals surface area contributed by atoms with Gasteiger partial charge in [-0.15, -0.1) is 0 Å². The van der Waals surface area contributed by atoms with E-state index in [0.29, 0.717) is 18.4 Å². The predicted molar refractivity (Wildman–Crippen MR) is 90.3 cm³/mol. The third kappa shape index (κ3) is 2.74. The van der Waals surface area contributed by atoms with Gasteiger partial charge in [0.1, 0.15) is 12.3 Å². The number of hydrogen-bond acceptors (Lipinski definition) is 2. The quantitative estimate of drug-likeness (QED) is 0.863. The van der Waals surface area contributed by atoms with Crippen LogP contribution < -0.4 is 10.1 Å². The highest BCUT2D eigenvalue weighted by molar-refractivity contribution is 5.84. The molecule has 2 bridgehead atoms. The Hall–Kier alpha value is -2.23. The Morgan fingerprint density at radius 2 is 2.22 bits per heavy atom. The van der Waals surface area contributed by atoms with Crippen molar-refractivity contribution in [3.8, 4) is 5.75 Å². The molecule has 0 radical (unpaired) electrons. The van der Waals surface area contributed by atoms with Crippen LogP contribution >= 0.6 is 0 Å². The average Bonchev–Trinajstić information content (AvgIpc) is 3.28. The van der Waals surface area contributed by atoms with E-state index in [1.807, 2.05) is 35.0 Å². The van der Waals surface area contributed by atoms with Gasteiger partial charge in [0.15, 0.2) is 0 Å². The number of nitrogens with zero attached hydrogens (tertiary/aromatic N) is 1. The van der Waals surface area contributed by atoms with Crippen LogP contribution in [0.1, 0.15) is 12.8 Å². The second-order valence-electron chi connectivity index (χ2n) is 6.71. The SMILES string of the molecule is COc1ccc2c(ccn2CC(=O)NC[C@@H]2C[C@@H]3C=C[C@@H]2C3)c1. The second-order valence-corrected chi connectivity index (χ2v) is 6.71. The molecule has 4 rings (SSSR count). The van der Waals surface area contributed by atoms with Crippen molar-refractivity contribution in [2.45, 2.75) is 19.4 Å². The summed E-state index contributed by atoms with van der Waals surface area (Å²) in [7, 11) is 1.66. The molecular formula is C19H22N2O2. The minimum absolute atomic E-state index is 0.0880. The standard InChI is InChI=1S/C19H22N2O2/c1-23-17-4-5-18-15(10-17)6-7-21(18)12-19(22)20-11-16-9-13-2-3-14(16)8-13/h2-7,10,13-14,16H,8-9,11-12H2,1H3,(H,20,22)/t13-,14-,16+/m1/s1. The van der Waals surface area contributed by atoms with Crippen LogP contribution in [0.4, 0.5) is 0 Å². The van der Waals surface area contributed by atoms with Crippen molar-refractivity contribution in [1.29, 1.82) is 0 Å². The molecule has 1 saturated carbocycles. The van der Waals surface area contributed by atoms with Crippen LogP contribution in [0.25, 0.3) is 10.9 Å². The van der Waals surface area contributed by atoms with Gasteiger partial charge in [-0.1, -0.05) is 12.2 Å². The van der Waals surface area contributed by atoms with Crippen molar-refractivity contribution < 1.29 is 9.53 Å². The summed E-state index contributed by atoms with van der Waals surface area (Å²) in [5.41, 5.74) is 1.06. The van der Waals surface area contributed by atoms with E-state index >= 15 is 0 Å². The average molecular weight is 310 g/mol. The molecule has 1 aromatic carbocycles. The maximum atomic E-state index is 12.3. The van der Waals surface area contributed by atoms with E-state index in [1.54, 1.807) is 7.11 Å². The molecule has 1 aromatic heterocycles. The van der Waals surface area contributed by atoms with Gasteiger partial charge in [-0.05, 0) is 54.9 Å². The zero-order valence-electron chi connectivity index (χ0n) is 13.4. The summed E-state index contributed by atoms with van der Waals surface area (Å²) >= 11 is 0. The van der Waals surface area contributed by atoms with Gasteiger partial charge >= 0.3 is 0 Å². The van der Waals surface area contributed by atoms with Crippen LogP contribution in [0, 0.1) is 17.8 Å². The fraction of sp³-hybridized carbons (Fsp3) is 0.421. The number of fused-ring (bicyclic) bond motifs is 3. The highest BCUT2D eigenvalue weighted by Gasteiger charge is 2.35. The van der Waals surface area contributed by atoms with Crippen LogP contribution in [0.3, 0.4) is 0 Å². The van der Waals surface area contributed by atoms with Crippen LogP contribution in [0.5, 0.6) is 5.75 Å². The first-order chi connectivity index (χ1) is 11.2. The van der Waals surface area contributed by atoms with Gasteiger partial charge in [0, 0.05) is 23.6 Å². The molecule has 23 heavy (non-hydrogen) atoms. The number of rotatable bonds is 5. The third-order valence-corrected chi connectivity index (χ3v) is 5.27. The summed E-state index contributed by atoms with van der Waals surface area (Å²) in [4.78, 5) is 12.3. The Kier molecular flexibility index (Phi) is 3.60. The lowest BCUT2D eigenvalue weighted by molar-refractivity contribution is -0.121. The van der Waals surface area contributed by atoms with Gasteiger partial charge in [-0.3, -0.25) is 4.79 Å². The predicted octanol–water partition coefficient (Wildman–Crippen LogP) is 2.98. The molecule has 0 aliphatic heterocycles. The second kappa shape index (κ2) is 5.76. The summed E-state index contributed by atoms with van der Waals surface area (Å²) in [6.07, 6.45) is 9.14. The van der Waals surface area contributed by atoms with Crippen molar-refractivity contribution in [3.05, 3.63) is 42.6 Å². The summed E-state index contributed by atoms with van der Waals surface area (Å²) in [6.45, 7) is 1.17. The van der Waals surface area contributed by atoms with Crippen molar-refractivity contribution in [2.24, 2.45) is 17.8 Å². The molecule has 1 amide bonds. The highest BCUT2D eigenvalue weighted by Crippen LogP contribution is 2.42. The molecule has 0 saturated heterocycles. The largest absolute Gasteiger partial charge is 0.497 e. The Morgan fingerprint density at radius 3 is 2.96 bits per heavy atom. The monoisotopic (exact) mass is 310 g/mol. The first-order valence-electron chi connectivity index (χ1n) is 8.31. The number of ether oxygens (including phenoxy) is 1. The van der Waals surface area contributed by atoms with E-state index in [9.17, 15) is 4.79 Å². The van der Waals surface area contributed by atoms with Crippen LogP contribution in [0.15, 0.2) is 42.6 Å². The van der Waals surface area contributed by atoms with Crippen molar-refractivity contribution in [2.75, 3.05) is 13.7 Å². The number of carbonyl (C=O) groups is 1. The fourth-order valence-electron chi connectivity index (χ4n) is 4.03. The molecule has 4 nitrogen and oxygen atoms in total. The smallest absolute Gasteiger partial charge is 0.239 e. The Balaban J connectivity index is 1.38. The zero-order chi connectivity index (χ0) is 15.8. The van der Waals surface area contributed by atoms with E-state index in [1.165, 1.54) is 12.8 Å². The normalized spacial score (nSPS) is 25.2. The molecule has 1 fully saturated rings. The minimum atomic E-state index is 0.0880. The zero-order valence-corrected chi connectivity index (χ0v) is 13.4. The first-order valence-corrected chi connectivity index (χ1v) is 8.31. The number of hydrogen-bond donors (Lipinski definition) is 1. The van der Waals surface area contributed by atoms with Crippen molar-refractivity contribution in [1.82, 2.24) is 9.88 Å². The molecule has 120 valence electrons. The molecule has 2 aromatic rings. The number of amides is 1. The van der Waals surface area contributed by atoms with Gasteiger partial charge < -0.3 is 14.6 Å². The maximum Gasteiger partial charge on any atom is 0.239 e. The van der Waals surface area contributed by atoms with Crippen LogP contribution in [-0.4, -0.2) is 24.1 Å². The highest BCUT2D eigenvalue weighted by atomic mass is 16.5. The lowest BCUT2D eigenvalue weighted by atomic mass is 9.94. The van der Waals surface area contributed by atoms with E-state index in [2.05, 4.69) is 17.5 Å². The molecular weight excluding hydrogens is 288 g/mol. The van der Waals surface area contributed by atoms with Crippen LogP contribution in [-0.2, 0) is 11.3 Å². The van der Waals surface area contributed by atoms with E-state index < -0.39 is 0 Å². The molecule has 4 heteroatoms. The van der Waals surface area contributed by atoms with Crippen molar-refractivity contribution in [3.63, 3.8) is 0 Å². The number of methoxy groups -OCH3 is 1. The summed E-state index contributed by atoms with van der Waals surface area (Å²) in [6, 6.07) is 7.94. The van der Waals surface area contributed by atoms with Crippen molar-refractivity contribution >= 4 is 16.8 Å². The van der Waals surface area contributed by atoms with E-state index in [0.717, 1.165) is 29.1 Å². The molecule has 0 unspecified atom stereocenters. The van der Waals surface area contributed by atoms with E-state index in [-0.39, 0.29) is 5.91 Å². The molecule has 1 heterocycles. The summed E-state index contributed by atoms with van der Waals surface area (Å²) in [5.74, 6) is 2.99. The minimum Gasteiger partial charge on any atom is -0.497 e. The lowest BCUT2D eigenvalue weighted by Crippen LogP contribution is -2.33. The Bertz CT molecular complexity index is 762. The lowest BCUT2D eigenvalue weighted by Gasteiger charge is -2.18. The molecule has 1 N–H and O–H groups in total. The number of aromatic nitrogens is 1. The number of benzene rings is 1. The number of carbonyl (C=O) groups excluding carboxylic acids is 1. The Labute approximate surface area is 136 Å². The number of nitrogens with one attached hydrogen (secondary N) is 1. The molecule has 2 aliphatic rings. The topological polar surface area (TPSA) is 43.3 Å². The van der Waals surface area contributed by atoms with Gasteiger partial charge in [0.2, 0.25) is 5.91 Å². The Morgan fingerprint density at radius 1 is 1.30 bits per heavy atom. The summed E-state index contributed by atoms with van der Waals surface area (Å²) < 4.78 is 7.23. The maximum absolute atomic E-state index is 12.3. The molecule has 3 atom stereocenters. The van der Waals surface area contributed by atoms with Gasteiger partial charge in [0.25, 0.3) is 0 Å². The fourth-order valence-corrected chi connectivity index (χ4v) is 4.03. The van der Waals surface area contributed by atoms with Gasteiger partial charge in [0.05, 0.1) is 7.11 Å². The molecule has 0 spiro atoms. The first kappa shape index (κ1) is 14.4. The molecule has 2 aliphatic carbocycles. The summed E-state index contributed by atoms with van der Waals surface area (Å²) in [5, 5.41) is 4.21. The number of allylic oxidation sites excluding steroid dienone is 2. The van der Waals surface area contributed by atoms with E-state index in [4.69, 9.17) is 4.74 Å². The van der Waals surface area contributed by atoms with Gasteiger partial charge in [-0.25, -0.2) is 0 Å². The van der Waals surface area contributed by atoms with Gasteiger partial charge in [-0.2, -0.15) is 0 Å².